The molecule has 0 unspecified atom stereocenters. The molecule has 1 aliphatic carbocycles. The maximum absolute atomic E-state index is 11.6. The molecule has 0 aliphatic heterocycles. The Hall–Kier alpha value is -1.56. The van der Waals surface area contributed by atoms with Crippen molar-refractivity contribution in [2.24, 2.45) is 0 Å². The Morgan fingerprint density at radius 2 is 2.50 bits per heavy atom. The van der Waals surface area contributed by atoms with Gasteiger partial charge in [0.1, 0.15) is 6.54 Å². The van der Waals surface area contributed by atoms with Crippen LogP contribution in [0.25, 0.3) is 0 Å². The highest BCUT2D eigenvalue weighted by molar-refractivity contribution is 5.76. The van der Waals surface area contributed by atoms with Crippen LogP contribution >= 0.6 is 0 Å². The molecule has 0 aromatic carbocycles. The van der Waals surface area contributed by atoms with E-state index in [9.17, 15) is 4.79 Å². The number of anilines is 1. The lowest BCUT2D eigenvalue weighted by Crippen LogP contribution is -2.48. The van der Waals surface area contributed by atoms with Crippen LogP contribution in [0.4, 0.5) is 5.69 Å². The van der Waals surface area contributed by atoms with Gasteiger partial charge in [0.25, 0.3) is 0 Å². The van der Waals surface area contributed by atoms with Crippen molar-refractivity contribution in [3.05, 3.63) is 12.4 Å². The predicted octanol–water partition coefficient (Wildman–Crippen LogP) is -0.241. The molecule has 6 heteroatoms. The number of nitrogens with zero attached hydrogens (tertiary/aromatic N) is 2. The summed E-state index contributed by atoms with van der Waals surface area (Å²) in [6.07, 6.45) is 5.24. The van der Waals surface area contributed by atoms with Crippen molar-refractivity contribution < 1.29 is 9.53 Å². The first-order valence-corrected chi connectivity index (χ1v) is 5.27. The maximum atomic E-state index is 11.6. The summed E-state index contributed by atoms with van der Waals surface area (Å²) >= 11 is 0. The molecule has 0 saturated heterocycles. The molecule has 1 saturated carbocycles. The molecule has 1 amide bonds. The molecule has 1 aromatic heterocycles. The van der Waals surface area contributed by atoms with E-state index in [1.54, 1.807) is 13.3 Å². The van der Waals surface area contributed by atoms with Crippen LogP contribution in [0.3, 0.4) is 0 Å². The van der Waals surface area contributed by atoms with Crippen LogP contribution in [-0.4, -0.2) is 34.9 Å². The van der Waals surface area contributed by atoms with E-state index in [1.807, 2.05) is 0 Å². The zero-order valence-electron chi connectivity index (χ0n) is 9.22. The first kappa shape index (κ1) is 10.9. The molecule has 1 aromatic rings. The Bertz CT molecular complexity index is 371. The third-order valence-electron chi connectivity index (χ3n) is 2.75. The van der Waals surface area contributed by atoms with Gasteiger partial charge < -0.3 is 15.8 Å². The van der Waals surface area contributed by atoms with Gasteiger partial charge in [0.2, 0.25) is 5.91 Å². The fraction of sp³-hybridized carbons (Fsp3) is 0.600. The van der Waals surface area contributed by atoms with Crippen LogP contribution in [0, 0.1) is 0 Å². The summed E-state index contributed by atoms with van der Waals surface area (Å²) < 4.78 is 6.66. The second-order valence-corrected chi connectivity index (χ2v) is 4.06. The minimum Gasteiger partial charge on any atom is -0.396 e. The van der Waals surface area contributed by atoms with Crippen LogP contribution in [-0.2, 0) is 16.1 Å². The molecule has 3 N–H and O–H groups in total. The quantitative estimate of drug-likeness (QED) is 0.739. The fourth-order valence-electron chi connectivity index (χ4n) is 1.76. The molecule has 6 nitrogen and oxygen atoms in total. The Morgan fingerprint density at radius 3 is 3.06 bits per heavy atom. The number of hydrogen-bond acceptors (Lipinski definition) is 4. The molecule has 16 heavy (non-hydrogen) atoms. The summed E-state index contributed by atoms with van der Waals surface area (Å²) in [5.74, 6) is -0.0392. The van der Waals surface area contributed by atoms with Gasteiger partial charge in [0.15, 0.2) is 0 Å². The van der Waals surface area contributed by atoms with Gasteiger partial charge in [-0.15, -0.1) is 0 Å². The van der Waals surface area contributed by atoms with Gasteiger partial charge in [-0.05, 0) is 12.8 Å². The molecule has 2 rings (SSSR count). The average molecular weight is 224 g/mol. The lowest BCUT2D eigenvalue weighted by Gasteiger charge is -2.34. The molecular formula is C10H16N4O2. The number of carbonyl (C=O) groups is 1. The van der Waals surface area contributed by atoms with E-state index in [1.165, 1.54) is 10.9 Å². The smallest absolute Gasteiger partial charge is 0.241 e. The van der Waals surface area contributed by atoms with Gasteiger partial charge in [-0.25, -0.2) is 0 Å². The number of nitrogens with two attached hydrogens (primary N) is 1. The summed E-state index contributed by atoms with van der Waals surface area (Å²) in [5, 5.41) is 6.86. The predicted molar refractivity (Wildman–Crippen MR) is 58.6 cm³/mol. The second-order valence-electron chi connectivity index (χ2n) is 4.06. The monoisotopic (exact) mass is 224 g/mol. The number of carbonyl (C=O) groups excluding carboxylic acids is 1. The largest absolute Gasteiger partial charge is 0.396 e. The molecule has 0 radical (unpaired) electrons. The van der Waals surface area contributed by atoms with E-state index in [4.69, 9.17) is 10.5 Å². The zero-order chi connectivity index (χ0) is 11.5. The maximum Gasteiger partial charge on any atom is 0.241 e. The van der Waals surface area contributed by atoms with E-state index >= 15 is 0 Å². The van der Waals surface area contributed by atoms with Crippen LogP contribution in [0.5, 0.6) is 0 Å². The molecular weight excluding hydrogens is 208 g/mol. The summed E-state index contributed by atoms with van der Waals surface area (Å²) in [4.78, 5) is 11.6. The Morgan fingerprint density at radius 1 is 1.75 bits per heavy atom. The topological polar surface area (TPSA) is 82.2 Å². The van der Waals surface area contributed by atoms with Gasteiger partial charge in [0.05, 0.1) is 18.0 Å². The number of aromatic nitrogens is 2. The lowest BCUT2D eigenvalue weighted by atomic mass is 9.89. The molecule has 1 fully saturated rings. The van der Waals surface area contributed by atoms with Crippen molar-refractivity contribution in [3.8, 4) is 0 Å². The molecule has 0 atom stereocenters. The summed E-state index contributed by atoms with van der Waals surface area (Å²) in [6, 6.07) is 0.241. The summed E-state index contributed by atoms with van der Waals surface area (Å²) in [6.45, 7) is 0.214. The van der Waals surface area contributed by atoms with Gasteiger partial charge in [-0.2, -0.15) is 5.10 Å². The number of hydrogen-bond donors (Lipinski definition) is 2. The summed E-state index contributed by atoms with van der Waals surface area (Å²) in [5.41, 5.74) is 6.06. The van der Waals surface area contributed by atoms with Crippen molar-refractivity contribution in [1.29, 1.82) is 0 Å². The number of ether oxygens (including phenoxy) is 1. The van der Waals surface area contributed by atoms with E-state index in [0.717, 1.165) is 12.8 Å². The van der Waals surface area contributed by atoms with Gasteiger partial charge >= 0.3 is 0 Å². The fourth-order valence-corrected chi connectivity index (χ4v) is 1.76. The zero-order valence-corrected chi connectivity index (χ0v) is 9.22. The van der Waals surface area contributed by atoms with E-state index in [2.05, 4.69) is 10.4 Å². The molecule has 0 bridgehead atoms. The van der Waals surface area contributed by atoms with Crippen molar-refractivity contribution in [3.63, 3.8) is 0 Å². The molecule has 0 spiro atoms. The van der Waals surface area contributed by atoms with E-state index in [0.29, 0.717) is 11.8 Å². The highest BCUT2D eigenvalue weighted by Crippen LogP contribution is 2.22. The van der Waals surface area contributed by atoms with Crippen molar-refractivity contribution >= 4 is 11.6 Å². The van der Waals surface area contributed by atoms with E-state index in [-0.39, 0.29) is 18.5 Å². The number of amides is 1. The number of nitrogens with one attached hydrogen (secondary N) is 1. The number of rotatable bonds is 4. The van der Waals surface area contributed by atoms with Crippen molar-refractivity contribution in [2.45, 2.75) is 31.5 Å². The average Bonchev–Trinajstić information content (AvgIpc) is 2.57. The van der Waals surface area contributed by atoms with Crippen molar-refractivity contribution in [2.75, 3.05) is 12.8 Å². The Kier molecular flexibility index (Phi) is 3.09. The Balaban J connectivity index is 1.73. The third-order valence-corrected chi connectivity index (χ3v) is 2.75. The van der Waals surface area contributed by atoms with Crippen molar-refractivity contribution in [1.82, 2.24) is 15.1 Å². The first-order chi connectivity index (χ1) is 7.67. The van der Waals surface area contributed by atoms with Gasteiger partial charge in [-0.3, -0.25) is 9.48 Å². The third kappa shape index (κ3) is 2.52. The molecule has 1 heterocycles. The summed E-state index contributed by atoms with van der Waals surface area (Å²) in [7, 11) is 1.69. The first-order valence-electron chi connectivity index (χ1n) is 5.27. The molecule has 1 aliphatic rings. The van der Waals surface area contributed by atoms with E-state index < -0.39 is 0 Å². The minimum absolute atomic E-state index is 0.0392. The standard InChI is InChI=1S/C10H16N4O2/c1-16-9-2-8(3-9)13-10(15)6-14-5-7(11)4-12-14/h4-5,8-9H,2-3,6,11H2,1H3,(H,13,15). The SMILES string of the molecule is COC1CC(NC(=O)Cn2cc(N)cn2)C1. The lowest BCUT2D eigenvalue weighted by molar-refractivity contribution is -0.124. The highest BCUT2D eigenvalue weighted by Gasteiger charge is 2.29. The van der Waals surface area contributed by atoms with Crippen LogP contribution in [0.1, 0.15) is 12.8 Å². The van der Waals surface area contributed by atoms with Gasteiger partial charge in [0, 0.05) is 19.3 Å². The van der Waals surface area contributed by atoms with Crippen LogP contribution in [0.2, 0.25) is 0 Å². The minimum atomic E-state index is -0.0392. The number of methoxy groups -OCH3 is 1. The van der Waals surface area contributed by atoms with Crippen LogP contribution < -0.4 is 11.1 Å². The number of nitrogen functional groups attached to an aromatic ring is 1. The van der Waals surface area contributed by atoms with Gasteiger partial charge in [-0.1, -0.05) is 0 Å². The molecule has 88 valence electrons. The Labute approximate surface area is 93.8 Å². The van der Waals surface area contributed by atoms with Crippen LogP contribution in [0.15, 0.2) is 12.4 Å². The second kappa shape index (κ2) is 4.52. The highest BCUT2D eigenvalue weighted by atomic mass is 16.5. The normalized spacial score (nSPS) is 23.8.